The number of benzene rings is 2. The number of nitrogens with two attached hydrogens (primary N) is 1. The van der Waals surface area contributed by atoms with Crippen LogP contribution in [-0.4, -0.2) is 35.0 Å². The van der Waals surface area contributed by atoms with E-state index in [4.69, 9.17) is 5.73 Å². The van der Waals surface area contributed by atoms with E-state index in [1.54, 1.807) is 29.2 Å². The lowest BCUT2D eigenvalue weighted by Crippen LogP contribution is -2.49. The molecule has 0 saturated carbocycles. The minimum atomic E-state index is -0.269. The van der Waals surface area contributed by atoms with Crippen LogP contribution in [0.5, 0.6) is 5.75 Å². The van der Waals surface area contributed by atoms with Crippen molar-refractivity contribution in [2.45, 2.75) is 25.3 Å². The largest absolute Gasteiger partial charge is 0.507 e. The van der Waals surface area contributed by atoms with Crippen molar-refractivity contribution in [3.05, 3.63) is 65.0 Å². The van der Waals surface area contributed by atoms with Crippen LogP contribution >= 0.6 is 0 Å². The van der Waals surface area contributed by atoms with Gasteiger partial charge in [-0.1, -0.05) is 23.8 Å². The Kier molecular flexibility index (Phi) is 4.53. The van der Waals surface area contributed by atoms with Gasteiger partial charge in [0, 0.05) is 25.0 Å². The Labute approximate surface area is 140 Å². The number of halogens is 1. The van der Waals surface area contributed by atoms with Crippen LogP contribution in [0, 0.1) is 12.7 Å². The van der Waals surface area contributed by atoms with Gasteiger partial charge in [-0.05, 0) is 43.2 Å². The van der Waals surface area contributed by atoms with Crippen molar-refractivity contribution in [1.29, 1.82) is 0 Å². The molecule has 0 spiro atoms. The lowest BCUT2D eigenvalue weighted by molar-refractivity contribution is 0.0690. The molecule has 5 heteroatoms. The van der Waals surface area contributed by atoms with Crippen molar-refractivity contribution >= 4 is 5.91 Å². The summed E-state index contributed by atoms with van der Waals surface area (Å²) in [6, 6.07) is 11.1. The molecular formula is C19H21FN2O2. The zero-order valence-corrected chi connectivity index (χ0v) is 13.6. The molecule has 1 aliphatic heterocycles. The second-order valence-corrected chi connectivity index (χ2v) is 6.38. The lowest BCUT2D eigenvalue weighted by atomic mass is 9.85. The van der Waals surface area contributed by atoms with Crippen molar-refractivity contribution < 1.29 is 14.3 Å². The Morgan fingerprint density at radius 1 is 1.25 bits per heavy atom. The number of rotatable bonds is 2. The Hall–Kier alpha value is -2.40. The molecule has 2 atom stereocenters. The van der Waals surface area contributed by atoms with Gasteiger partial charge in [-0.15, -0.1) is 0 Å². The van der Waals surface area contributed by atoms with Crippen molar-refractivity contribution in [2.24, 2.45) is 5.73 Å². The summed E-state index contributed by atoms with van der Waals surface area (Å²) in [5.74, 6) is -0.389. The van der Waals surface area contributed by atoms with E-state index in [2.05, 4.69) is 0 Å². The maximum atomic E-state index is 13.1. The molecular weight excluding hydrogens is 307 g/mol. The molecule has 0 radical (unpaired) electrons. The predicted octanol–water partition coefficient (Wildman–Crippen LogP) is 2.80. The molecule has 0 aliphatic carbocycles. The maximum Gasteiger partial charge on any atom is 0.257 e. The second-order valence-electron chi connectivity index (χ2n) is 6.38. The summed E-state index contributed by atoms with van der Waals surface area (Å²) in [6.07, 6.45) is 0.713. The van der Waals surface area contributed by atoms with Gasteiger partial charge in [0.2, 0.25) is 0 Å². The number of nitrogens with zero attached hydrogens (tertiary/aromatic N) is 1. The number of phenols is 1. The first-order chi connectivity index (χ1) is 11.5. The van der Waals surface area contributed by atoms with Crippen molar-refractivity contribution in [3.8, 4) is 5.75 Å². The quantitative estimate of drug-likeness (QED) is 0.891. The molecule has 3 rings (SSSR count). The third-order valence-corrected chi connectivity index (χ3v) is 4.63. The number of likely N-dealkylation sites (tertiary alicyclic amines) is 1. The third kappa shape index (κ3) is 3.26. The van der Waals surface area contributed by atoms with Gasteiger partial charge in [0.1, 0.15) is 11.6 Å². The molecule has 1 heterocycles. The lowest BCUT2D eigenvalue weighted by Gasteiger charge is -2.37. The summed E-state index contributed by atoms with van der Waals surface area (Å²) in [5, 5.41) is 9.94. The number of amides is 1. The number of hydrogen-bond acceptors (Lipinski definition) is 3. The summed E-state index contributed by atoms with van der Waals surface area (Å²) in [5.41, 5.74) is 8.49. The maximum absolute atomic E-state index is 13.1. The zero-order chi connectivity index (χ0) is 17.3. The Bertz CT molecular complexity index is 746. The topological polar surface area (TPSA) is 66.6 Å². The molecule has 2 aromatic carbocycles. The van der Waals surface area contributed by atoms with E-state index in [0.717, 1.165) is 11.1 Å². The molecule has 0 aromatic heterocycles. The summed E-state index contributed by atoms with van der Waals surface area (Å²) in [4.78, 5) is 14.3. The highest BCUT2D eigenvalue weighted by Crippen LogP contribution is 2.29. The second kappa shape index (κ2) is 6.61. The molecule has 1 fully saturated rings. The van der Waals surface area contributed by atoms with E-state index in [1.807, 2.05) is 6.92 Å². The molecule has 0 bridgehead atoms. The Morgan fingerprint density at radius 3 is 2.62 bits per heavy atom. The van der Waals surface area contributed by atoms with Crippen LogP contribution in [0.1, 0.15) is 33.8 Å². The molecule has 1 saturated heterocycles. The molecule has 1 aliphatic rings. The van der Waals surface area contributed by atoms with Gasteiger partial charge in [0.05, 0.1) is 5.56 Å². The third-order valence-electron chi connectivity index (χ3n) is 4.63. The van der Waals surface area contributed by atoms with Crippen molar-refractivity contribution in [2.75, 3.05) is 13.1 Å². The van der Waals surface area contributed by atoms with Gasteiger partial charge in [-0.3, -0.25) is 4.79 Å². The Balaban J connectivity index is 1.74. The smallest absolute Gasteiger partial charge is 0.257 e. The van der Waals surface area contributed by atoms with Crippen LogP contribution in [0.2, 0.25) is 0 Å². The summed E-state index contributed by atoms with van der Waals surface area (Å²) >= 11 is 0. The minimum Gasteiger partial charge on any atom is -0.507 e. The predicted molar refractivity (Wildman–Crippen MR) is 90.5 cm³/mol. The monoisotopic (exact) mass is 328 g/mol. The summed E-state index contributed by atoms with van der Waals surface area (Å²) < 4.78 is 13.1. The minimum absolute atomic E-state index is 0.0140. The van der Waals surface area contributed by atoms with Crippen LogP contribution in [0.4, 0.5) is 4.39 Å². The molecule has 24 heavy (non-hydrogen) atoms. The highest BCUT2D eigenvalue weighted by Gasteiger charge is 2.31. The van der Waals surface area contributed by atoms with Gasteiger partial charge in [-0.2, -0.15) is 0 Å². The summed E-state index contributed by atoms with van der Waals surface area (Å²) in [7, 11) is 0. The number of hydrogen-bond donors (Lipinski definition) is 2. The van der Waals surface area contributed by atoms with Gasteiger partial charge in [0.15, 0.2) is 0 Å². The first-order valence-electron chi connectivity index (χ1n) is 8.05. The van der Waals surface area contributed by atoms with Crippen LogP contribution in [0.15, 0.2) is 42.5 Å². The SMILES string of the molecule is Cc1ccc(O)c(C(=O)N2CC[C@@H](c3ccc(F)cc3)[C@H](N)C2)c1. The van der Waals surface area contributed by atoms with Gasteiger partial charge >= 0.3 is 0 Å². The molecule has 3 N–H and O–H groups in total. The number of aromatic hydroxyl groups is 1. The van der Waals surface area contributed by atoms with Crippen LogP contribution < -0.4 is 5.73 Å². The van der Waals surface area contributed by atoms with E-state index in [-0.39, 0.29) is 29.4 Å². The first kappa shape index (κ1) is 16.5. The van der Waals surface area contributed by atoms with Crippen LogP contribution in [-0.2, 0) is 0 Å². The fourth-order valence-electron chi connectivity index (χ4n) is 3.28. The normalized spacial score (nSPS) is 20.9. The average molecular weight is 328 g/mol. The first-order valence-corrected chi connectivity index (χ1v) is 8.05. The average Bonchev–Trinajstić information content (AvgIpc) is 2.57. The van der Waals surface area contributed by atoms with Gasteiger partial charge in [0.25, 0.3) is 5.91 Å². The van der Waals surface area contributed by atoms with Gasteiger partial charge < -0.3 is 15.7 Å². The molecule has 1 amide bonds. The molecule has 4 nitrogen and oxygen atoms in total. The van der Waals surface area contributed by atoms with Gasteiger partial charge in [-0.25, -0.2) is 4.39 Å². The van der Waals surface area contributed by atoms with E-state index in [0.29, 0.717) is 25.1 Å². The molecule has 2 aromatic rings. The fourth-order valence-corrected chi connectivity index (χ4v) is 3.28. The number of aryl methyl sites for hydroxylation is 1. The van der Waals surface area contributed by atoms with Crippen molar-refractivity contribution in [3.63, 3.8) is 0 Å². The zero-order valence-electron chi connectivity index (χ0n) is 13.6. The van der Waals surface area contributed by atoms with E-state index < -0.39 is 0 Å². The van der Waals surface area contributed by atoms with Crippen LogP contribution in [0.25, 0.3) is 0 Å². The highest BCUT2D eigenvalue weighted by molar-refractivity contribution is 5.97. The number of carbonyl (C=O) groups is 1. The number of piperidine rings is 1. The van der Waals surface area contributed by atoms with E-state index in [9.17, 15) is 14.3 Å². The van der Waals surface area contributed by atoms with Crippen LogP contribution in [0.3, 0.4) is 0 Å². The van der Waals surface area contributed by atoms with Crippen molar-refractivity contribution in [1.82, 2.24) is 4.90 Å². The number of carbonyl (C=O) groups excluding carboxylic acids is 1. The van der Waals surface area contributed by atoms with E-state index in [1.165, 1.54) is 18.2 Å². The highest BCUT2D eigenvalue weighted by atomic mass is 19.1. The summed E-state index contributed by atoms with van der Waals surface area (Å²) in [6.45, 7) is 2.85. The molecule has 0 unspecified atom stereocenters. The Morgan fingerprint density at radius 2 is 1.96 bits per heavy atom. The fraction of sp³-hybridized carbons (Fsp3) is 0.316. The standard InChI is InChI=1S/C19H21FN2O2/c1-12-2-7-18(23)16(10-12)19(24)22-9-8-15(17(21)11-22)13-3-5-14(20)6-4-13/h2-7,10,15,17,23H,8-9,11,21H2,1H3/t15-,17+/m0/s1. The number of phenolic OH excluding ortho intramolecular Hbond substituents is 1. The molecule has 126 valence electrons. The van der Waals surface area contributed by atoms with E-state index >= 15 is 0 Å².